The third kappa shape index (κ3) is 8.35. The van der Waals surface area contributed by atoms with Gasteiger partial charge in [-0.25, -0.2) is 0 Å². The second-order valence-corrected chi connectivity index (χ2v) is 8.86. The van der Waals surface area contributed by atoms with Gasteiger partial charge in [-0.15, -0.1) is 0 Å². The van der Waals surface area contributed by atoms with Crippen molar-refractivity contribution in [2.45, 2.75) is 19.6 Å². The van der Waals surface area contributed by atoms with Crippen molar-refractivity contribution in [3.05, 3.63) is 0 Å². The average molecular weight is 164 g/mol. The van der Waals surface area contributed by atoms with E-state index in [1.54, 1.807) is 7.11 Å². The van der Waals surface area contributed by atoms with E-state index in [-0.39, 0.29) is 9.76 Å². The van der Waals surface area contributed by atoms with Crippen LogP contribution in [0.4, 0.5) is 0 Å². The molecule has 0 atom stereocenters. The Morgan fingerprint density at radius 2 is 1.89 bits per heavy atom. The molecule has 0 spiro atoms. The fourth-order valence-corrected chi connectivity index (χ4v) is 3.38. The van der Waals surface area contributed by atoms with Gasteiger partial charge in [-0.05, 0) is 19.6 Å². The van der Waals surface area contributed by atoms with Crippen molar-refractivity contribution >= 4 is 18.1 Å². The molecule has 4 heteroatoms. The molecule has 0 aromatic carbocycles. The molecule has 56 valence electrons. The van der Waals surface area contributed by atoms with Crippen molar-refractivity contribution in [3.63, 3.8) is 0 Å². The largest absolute Gasteiger partial charge is 0.425 e. The molecule has 0 aliphatic heterocycles. The van der Waals surface area contributed by atoms with E-state index in [1.807, 2.05) is 0 Å². The van der Waals surface area contributed by atoms with E-state index in [9.17, 15) is 0 Å². The van der Waals surface area contributed by atoms with E-state index in [0.29, 0.717) is 0 Å². The highest BCUT2D eigenvalue weighted by Crippen LogP contribution is 2.00. The lowest BCUT2D eigenvalue weighted by Crippen LogP contribution is -2.28. The Hall–Kier alpha value is 0.354. The SMILES string of the molecule is CO[SiH2]CO[Si](C)(C)C. The molecular weight excluding hydrogens is 148 g/mol. The average Bonchev–Trinajstić information content (AvgIpc) is 1.63. The zero-order valence-corrected chi connectivity index (χ0v) is 9.14. The Balaban J connectivity index is 3.07. The van der Waals surface area contributed by atoms with Gasteiger partial charge in [0.1, 0.15) is 0 Å². The standard InChI is InChI=1S/C5H16O2Si2/c1-6-8-5-7-9(2,3)4/h5,8H2,1-4H3. The van der Waals surface area contributed by atoms with Crippen LogP contribution in [0.3, 0.4) is 0 Å². The molecule has 0 saturated carbocycles. The molecule has 0 rings (SSSR count). The number of rotatable bonds is 4. The third-order valence-corrected chi connectivity index (χ3v) is 3.08. The summed E-state index contributed by atoms with van der Waals surface area (Å²) in [6.07, 6.45) is 0.881. The Morgan fingerprint density at radius 1 is 1.33 bits per heavy atom. The number of hydrogen-bond acceptors (Lipinski definition) is 2. The molecule has 0 unspecified atom stereocenters. The first-order valence-corrected chi connectivity index (χ1v) is 8.18. The summed E-state index contributed by atoms with van der Waals surface area (Å²) in [5.74, 6) is 0. The first-order chi connectivity index (χ1) is 4.06. The minimum atomic E-state index is -1.24. The van der Waals surface area contributed by atoms with Crippen LogP contribution in [-0.4, -0.2) is 31.4 Å². The van der Waals surface area contributed by atoms with E-state index in [1.165, 1.54) is 0 Å². The molecule has 0 heterocycles. The Kier molecular flexibility index (Phi) is 4.38. The zero-order chi connectivity index (χ0) is 7.33. The quantitative estimate of drug-likeness (QED) is 0.446. The summed E-state index contributed by atoms with van der Waals surface area (Å²) >= 11 is 0. The van der Waals surface area contributed by atoms with Gasteiger partial charge in [0, 0.05) is 13.3 Å². The van der Waals surface area contributed by atoms with Gasteiger partial charge in [0.05, 0.1) is 0 Å². The van der Waals surface area contributed by atoms with Crippen molar-refractivity contribution in [1.29, 1.82) is 0 Å². The molecule has 9 heavy (non-hydrogen) atoms. The Morgan fingerprint density at radius 3 is 2.22 bits per heavy atom. The summed E-state index contributed by atoms with van der Waals surface area (Å²) in [4.78, 5) is 0. The van der Waals surface area contributed by atoms with E-state index in [0.717, 1.165) is 6.23 Å². The molecule has 0 aliphatic rings. The zero-order valence-electron chi connectivity index (χ0n) is 6.73. The number of hydrogen-bond donors (Lipinski definition) is 0. The maximum Gasteiger partial charge on any atom is 0.185 e. The van der Waals surface area contributed by atoms with Crippen LogP contribution < -0.4 is 0 Å². The molecule has 0 amide bonds. The molecule has 0 aromatic heterocycles. The van der Waals surface area contributed by atoms with Crippen molar-refractivity contribution in [2.24, 2.45) is 0 Å². The predicted octanol–water partition coefficient (Wildman–Crippen LogP) is 0.526. The summed E-state index contributed by atoms with van der Waals surface area (Å²) in [6, 6.07) is 0. The predicted molar refractivity (Wildman–Crippen MR) is 44.9 cm³/mol. The molecular formula is C5H16O2Si2. The fraction of sp³-hybridized carbons (Fsp3) is 1.00. The highest BCUT2D eigenvalue weighted by Gasteiger charge is 2.12. The van der Waals surface area contributed by atoms with Crippen molar-refractivity contribution in [3.8, 4) is 0 Å². The van der Waals surface area contributed by atoms with E-state index < -0.39 is 8.32 Å². The smallest absolute Gasteiger partial charge is 0.185 e. The van der Waals surface area contributed by atoms with Crippen LogP contribution in [0.5, 0.6) is 0 Å². The van der Waals surface area contributed by atoms with Crippen molar-refractivity contribution < 1.29 is 8.85 Å². The van der Waals surface area contributed by atoms with Gasteiger partial charge >= 0.3 is 0 Å². The van der Waals surface area contributed by atoms with E-state index >= 15 is 0 Å². The van der Waals surface area contributed by atoms with Crippen LogP contribution >= 0.6 is 0 Å². The summed E-state index contributed by atoms with van der Waals surface area (Å²) in [7, 11) is 0.164. The molecule has 0 radical (unpaired) electrons. The molecule has 0 N–H and O–H groups in total. The van der Waals surface area contributed by atoms with Gasteiger partial charge in [-0.1, -0.05) is 0 Å². The topological polar surface area (TPSA) is 18.5 Å². The van der Waals surface area contributed by atoms with Gasteiger partial charge in [-0.3, -0.25) is 0 Å². The summed E-state index contributed by atoms with van der Waals surface area (Å²) in [5, 5.41) is 0. The van der Waals surface area contributed by atoms with Crippen LogP contribution in [0.25, 0.3) is 0 Å². The second-order valence-electron chi connectivity index (χ2n) is 2.95. The Bertz CT molecular complexity index is 69.8. The third-order valence-electron chi connectivity index (χ3n) is 0.823. The summed E-state index contributed by atoms with van der Waals surface area (Å²) in [6.45, 7) is 6.57. The van der Waals surface area contributed by atoms with Gasteiger partial charge in [0.2, 0.25) is 0 Å². The minimum Gasteiger partial charge on any atom is -0.425 e. The van der Waals surface area contributed by atoms with Gasteiger partial charge in [0.25, 0.3) is 0 Å². The van der Waals surface area contributed by atoms with E-state index in [2.05, 4.69) is 19.6 Å². The highest BCUT2D eigenvalue weighted by atomic mass is 28.4. The lowest BCUT2D eigenvalue weighted by Gasteiger charge is -2.15. The van der Waals surface area contributed by atoms with Gasteiger partial charge < -0.3 is 8.85 Å². The molecule has 0 bridgehead atoms. The monoisotopic (exact) mass is 164 g/mol. The first-order valence-electron chi connectivity index (χ1n) is 3.19. The fourth-order valence-electron chi connectivity index (χ4n) is 0.431. The maximum absolute atomic E-state index is 5.55. The summed E-state index contributed by atoms with van der Waals surface area (Å²) < 4.78 is 10.5. The molecule has 0 aromatic rings. The minimum absolute atomic E-state index is 0.346. The van der Waals surface area contributed by atoms with Gasteiger partial charge in [0.15, 0.2) is 18.1 Å². The van der Waals surface area contributed by atoms with Crippen LogP contribution in [-0.2, 0) is 8.85 Å². The van der Waals surface area contributed by atoms with Crippen LogP contribution in [0.1, 0.15) is 0 Å². The lowest BCUT2D eigenvalue weighted by atomic mass is 11.7. The molecule has 0 saturated heterocycles. The second kappa shape index (κ2) is 4.21. The summed E-state index contributed by atoms with van der Waals surface area (Å²) in [5.41, 5.74) is 0. The molecule has 0 fully saturated rings. The van der Waals surface area contributed by atoms with E-state index in [4.69, 9.17) is 8.85 Å². The Labute approximate surface area is 60.6 Å². The van der Waals surface area contributed by atoms with Crippen LogP contribution in [0, 0.1) is 0 Å². The lowest BCUT2D eigenvalue weighted by molar-refractivity contribution is 0.341. The highest BCUT2D eigenvalue weighted by molar-refractivity contribution is 6.70. The maximum atomic E-state index is 5.55. The van der Waals surface area contributed by atoms with Gasteiger partial charge in [-0.2, -0.15) is 0 Å². The van der Waals surface area contributed by atoms with Crippen molar-refractivity contribution in [2.75, 3.05) is 13.3 Å². The first kappa shape index (κ1) is 9.35. The van der Waals surface area contributed by atoms with Crippen molar-refractivity contribution in [1.82, 2.24) is 0 Å². The van der Waals surface area contributed by atoms with Crippen LogP contribution in [0.15, 0.2) is 0 Å². The normalized spacial score (nSPS) is 13.3. The van der Waals surface area contributed by atoms with Crippen LogP contribution in [0.2, 0.25) is 19.6 Å². The molecule has 2 nitrogen and oxygen atoms in total. The molecule has 0 aliphatic carbocycles.